The molecule has 0 spiro atoms. The van der Waals surface area contributed by atoms with Gasteiger partial charge in [0.2, 0.25) is 0 Å². The van der Waals surface area contributed by atoms with E-state index in [-0.39, 0.29) is 0 Å². The molecule has 0 radical (unpaired) electrons. The third-order valence-electron chi connectivity index (χ3n) is 2.48. The first kappa shape index (κ1) is 13.1. The molecular weight excluding hydrogens is 200 g/mol. The van der Waals surface area contributed by atoms with Crippen LogP contribution in [0.4, 0.5) is 0 Å². The summed E-state index contributed by atoms with van der Waals surface area (Å²) in [6, 6.07) is 2.10. The van der Waals surface area contributed by atoms with Crippen molar-refractivity contribution in [2.75, 3.05) is 19.6 Å². The zero-order valence-corrected chi connectivity index (χ0v) is 10.5. The molecule has 4 heteroatoms. The van der Waals surface area contributed by atoms with Crippen LogP contribution in [-0.4, -0.2) is 29.8 Å². The van der Waals surface area contributed by atoms with Gasteiger partial charge in [-0.15, -0.1) is 0 Å². The highest BCUT2D eigenvalue weighted by atomic mass is 15.1. The fourth-order valence-electron chi connectivity index (χ4n) is 1.52. The van der Waals surface area contributed by atoms with E-state index in [1.54, 1.807) is 0 Å². The van der Waals surface area contributed by atoms with E-state index >= 15 is 0 Å². The van der Waals surface area contributed by atoms with E-state index in [1.165, 1.54) is 5.56 Å². The molecule has 0 saturated carbocycles. The summed E-state index contributed by atoms with van der Waals surface area (Å²) in [7, 11) is 0. The number of hydrogen-bond donors (Lipinski definition) is 2. The molecule has 0 unspecified atom stereocenters. The van der Waals surface area contributed by atoms with Crippen LogP contribution in [0.5, 0.6) is 0 Å². The summed E-state index contributed by atoms with van der Waals surface area (Å²) in [6.45, 7) is 10.1. The molecule has 2 N–H and O–H groups in total. The van der Waals surface area contributed by atoms with Gasteiger partial charge in [0.25, 0.3) is 0 Å². The molecular formula is C12H22N4. The standard InChI is InChI=1S/C12H22N4/c1-4-13-6-5-7-14-9-12-8-10(2)15-16-11(12)3/h8,13-14H,4-7,9H2,1-3H3. The molecule has 0 saturated heterocycles. The van der Waals surface area contributed by atoms with E-state index in [0.717, 1.165) is 44.0 Å². The second-order valence-electron chi connectivity index (χ2n) is 3.98. The molecule has 16 heavy (non-hydrogen) atoms. The lowest BCUT2D eigenvalue weighted by atomic mass is 10.2. The van der Waals surface area contributed by atoms with Gasteiger partial charge in [0, 0.05) is 6.54 Å². The lowest BCUT2D eigenvalue weighted by Gasteiger charge is -2.07. The van der Waals surface area contributed by atoms with Crippen molar-refractivity contribution >= 4 is 0 Å². The van der Waals surface area contributed by atoms with E-state index in [0.29, 0.717) is 0 Å². The van der Waals surface area contributed by atoms with Gasteiger partial charge in [-0.05, 0) is 51.5 Å². The van der Waals surface area contributed by atoms with E-state index in [1.807, 2.05) is 13.8 Å². The van der Waals surface area contributed by atoms with Crippen LogP contribution in [0.25, 0.3) is 0 Å². The molecule has 0 aromatic carbocycles. The van der Waals surface area contributed by atoms with Gasteiger partial charge in [-0.1, -0.05) is 6.92 Å². The van der Waals surface area contributed by atoms with Crippen LogP contribution in [0.3, 0.4) is 0 Å². The van der Waals surface area contributed by atoms with Crippen LogP contribution in [0.1, 0.15) is 30.3 Å². The summed E-state index contributed by atoms with van der Waals surface area (Å²) in [6.07, 6.45) is 1.16. The average Bonchev–Trinajstić information content (AvgIpc) is 2.28. The molecule has 0 atom stereocenters. The molecule has 90 valence electrons. The number of rotatable bonds is 7. The van der Waals surface area contributed by atoms with Crippen molar-refractivity contribution in [3.8, 4) is 0 Å². The summed E-state index contributed by atoms with van der Waals surface area (Å²) in [4.78, 5) is 0. The Kier molecular flexibility index (Phi) is 5.96. The minimum Gasteiger partial charge on any atom is -0.317 e. The van der Waals surface area contributed by atoms with Gasteiger partial charge < -0.3 is 10.6 Å². The molecule has 1 heterocycles. The summed E-state index contributed by atoms with van der Waals surface area (Å²) in [5.74, 6) is 0. The number of nitrogens with one attached hydrogen (secondary N) is 2. The lowest BCUT2D eigenvalue weighted by Crippen LogP contribution is -2.22. The molecule has 1 aromatic rings. The highest BCUT2D eigenvalue weighted by molar-refractivity contribution is 5.19. The average molecular weight is 222 g/mol. The Hall–Kier alpha value is -1.00. The first-order valence-corrected chi connectivity index (χ1v) is 5.95. The topological polar surface area (TPSA) is 49.8 Å². The van der Waals surface area contributed by atoms with Gasteiger partial charge in [0.15, 0.2) is 0 Å². The fraction of sp³-hybridized carbons (Fsp3) is 0.667. The van der Waals surface area contributed by atoms with Gasteiger partial charge >= 0.3 is 0 Å². The third-order valence-corrected chi connectivity index (χ3v) is 2.48. The predicted molar refractivity (Wildman–Crippen MR) is 66.4 cm³/mol. The van der Waals surface area contributed by atoms with Crippen LogP contribution in [0.15, 0.2) is 6.07 Å². The predicted octanol–water partition coefficient (Wildman–Crippen LogP) is 1.18. The summed E-state index contributed by atoms with van der Waals surface area (Å²) in [5, 5.41) is 14.9. The minimum atomic E-state index is 0.883. The van der Waals surface area contributed by atoms with Crippen LogP contribution in [-0.2, 0) is 6.54 Å². The molecule has 1 aromatic heterocycles. The first-order chi connectivity index (χ1) is 7.74. The largest absolute Gasteiger partial charge is 0.317 e. The van der Waals surface area contributed by atoms with Crippen LogP contribution >= 0.6 is 0 Å². The van der Waals surface area contributed by atoms with E-state index < -0.39 is 0 Å². The van der Waals surface area contributed by atoms with Gasteiger partial charge in [-0.2, -0.15) is 10.2 Å². The maximum atomic E-state index is 4.10. The minimum absolute atomic E-state index is 0.883. The van der Waals surface area contributed by atoms with E-state index in [2.05, 4.69) is 33.8 Å². The molecule has 0 aliphatic rings. The first-order valence-electron chi connectivity index (χ1n) is 5.95. The molecule has 4 nitrogen and oxygen atoms in total. The Balaban J connectivity index is 2.23. The van der Waals surface area contributed by atoms with Gasteiger partial charge in [-0.3, -0.25) is 0 Å². The Morgan fingerprint density at radius 3 is 2.62 bits per heavy atom. The second kappa shape index (κ2) is 7.30. The smallest absolute Gasteiger partial charge is 0.0645 e. The number of hydrogen-bond acceptors (Lipinski definition) is 4. The van der Waals surface area contributed by atoms with Crippen molar-refractivity contribution in [3.05, 3.63) is 23.0 Å². The number of aryl methyl sites for hydroxylation is 2. The molecule has 0 fully saturated rings. The zero-order valence-electron chi connectivity index (χ0n) is 10.5. The van der Waals surface area contributed by atoms with Crippen molar-refractivity contribution in [2.24, 2.45) is 0 Å². The quantitative estimate of drug-likeness (QED) is 0.680. The van der Waals surface area contributed by atoms with Gasteiger partial charge in [0.05, 0.1) is 11.4 Å². The van der Waals surface area contributed by atoms with Gasteiger partial charge in [-0.25, -0.2) is 0 Å². The SMILES string of the molecule is CCNCCCNCc1cc(C)nnc1C. The van der Waals surface area contributed by atoms with Crippen molar-refractivity contribution in [1.29, 1.82) is 0 Å². The second-order valence-corrected chi connectivity index (χ2v) is 3.98. The Bertz CT molecular complexity index is 312. The Labute approximate surface area is 97.9 Å². The molecule has 0 aliphatic heterocycles. The summed E-state index contributed by atoms with van der Waals surface area (Å²) < 4.78 is 0. The maximum Gasteiger partial charge on any atom is 0.0645 e. The van der Waals surface area contributed by atoms with E-state index in [4.69, 9.17) is 0 Å². The van der Waals surface area contributed by atoms with Crippen LogP contribution < -0.4 is 10.6 Å². The summed E-state index contributed by atoms with van der Waals surface area (Å²) >= 11 is 0. The Morgan fingerprint density at radius 1 is 1.12 bits per heavy atom. The van der Waals surface area contributed by atoms with Crippen LogP contribution in [0.2, 0.25) is 0 Å². The van der Waals surface area contributed by atoms with Gasteiger partial charge in [0.1, 0.15) is 0 Å². The lowest BCUT2D eigenvalue weighted by molar-refractivity contribution is 0.603. The normalized spacial score (nSPS) is 10.7. The monoisotopic (exact) mass is 222 g/mol. The Morgan fingerprint density at radius 2 is 1.88 bits per heavy atom. The fourth-order valence-corrected chi connectivity index (χ4v) is 1.52. The van der Waals surface area contributed by atoms with Crippen molar-refractivity contribution in [1.82, 2.24) is 20.8 Å². The zero-order chi connectivity index (χ0) is 11.8. The third kappa shape index (κ3) is 4.68. The molecule has 0 amide bonds. The van der Waals surface area contributed by atoms with Crippen molar-refractivity contribution in [2.45, 2.75) is 33.7 Å². The molecule has 0 bridgehead atoms. The summed E-state index contributed by atoms with van der Waals surface area (Å²) in [5.41, 5.74) is 3.25. The maximum absolute atomic E-state index is 4.10. The van der Waals surface area contributed by atoms with E-state index in [9.17, 15) is 0 Å². The van der Waals surface area contributed by atoms with Crippen molar-refractivity contribution in [3.63, 3.8) is 0 Å². The molecule has 0 aliphatic carbocycles. The number of aromatic nitrogens is 2. The van der Waals surface area contributed by atoms with Crippen LogP contribution in [0, 0.1) is 13.8 Å². The number of nitrogens with zero attached hydrogens (tertiary/aromatic N) is 2. The molecule has 1 rings (SSSR count). The highest BCUT2D eigenvalue weighted by Gasteiger charge is 2.00. The van der Waals surface area contributed by atoms with Crippen molar-refractivity contribution < 1.29 is 0 Å². The highest BCUT2D eigenvalue weighted by Crippen LogP contribution is 2.04.